The van der Waals surface area contributed by atoms with E-state index in [0.29, 0.717) is 68.2 Å². The van der Waals surface area contributed by atoms with Crippen LogP contribution in [0.5, 0.6) is 0 Å². The fourth-order valence-corrected chi connectivity index (χ4v) is 8.69. The number of carbonyl (C=O) groups excluding carboxylic acids is 3. The number of fused-ring (bicyclic) bond motifs is 2. The topological polar surface area (TPSA) is 107 Å². The second-order valence-electron chi connectivity index (χ2n) is 11.1. The number of hydrogen-bond acceptors (Lipinski definition) is 6. The third-order valence-electron chi connectivity index (χ3n) is 8.44. The van der Waals surface area contributed by atoms with E-state index in [0.717, 1.165) is 35.3 Å². The van der Waals surface area contributed by atoms with Gasteiger partial charge >= 0.3 is 0 Å². The summed E-state index contributed by atoms with van der Waals surface area (Å²) in [6, 6.07) is 13.8. The first-order chi connectivity index (χ1) is 20.2. The molecule has 42 heavy (non-hydrogen) atoms. The van der Waals surface area contributed by atoms with Crippen LogP contribution in [0.4, 0.5) is 5.00 Å². The Hall–Kier alpha value is -3.54. The van der Waals surface area contributed by atoms with Crippen molar-refractivity contribution in [2.24, 2.45) is 0 Å². The van der Waals surface area contributed by atoms with Crippen molar-refractivity contribution in [3.8, 4) is 0 Å². The molecule has 0 atom stereocenters. The lowest BCUT2D eigenvalue weighted by Gasteiger charge is -2.29. The van der Waals surface area contributed by atoms with E-state index < -0.39 is 15.9 Å². The van der Waals surface area contributed by atoms with E-state index in [-0.39, 0.29) is 16.7 Å². The molecule has 3 aliphatic rings. The van der Waals surface area contributed by atoms with Gasteiger partial charge in [-0.3, -0.25) is 14.4 Å². The van der Waals surface area contributed by atoms with Crippen LogP contribution >= 0.6 is 11.3 Å². The van der Waals surface area contributed by atoms with Gasteiger partial charge in [-0.2, -0.15) is 4.31 Å². The SMILES string of the molecule is CC(=O)N1CCc2c(sc(NC(=O)c3ccc(S(=O)(=O)N4CCc5ccccc5C4)cc3)c2C(=O)N2CCCCC2)C1. The Bertz CT molecular complexity index is 1640. The Balaban J connectivity index is 1.23. The van der Waals surface area contributed by atoms with E-state index >= 15 is 0 Å². The van der Waals surface area contributed by atoms with Gasteiger partial charge in [0.15, 0.2) is 0 Å². The molecule has 2 aromatic carbocycles. The number of anilines is 1. The van der Waals surface area contributed by atoms with Crippen LogP contribution < -0.4 is 5.32 Å². The van der Waals surface area contributed by atoms with Gasteiger partial charge < -0.3 is 15.1 Å². The number of carbonyl (C=O) groups is 3. The number of rotatable bonds is 5. The van der Waals surface area contributed by atoms with Crippen molar-refractivity contribution in [1.29, 1.82) is 0 Å². The maximum absolute atomic E-state index is 13.7. The molecular formula is C31H34N4O5S2. The molecule has 9 nitrogen and oxygen atoms in total. The molecule has 1 aromatic heterocycles. The van der Waals surface area contributed by atoms with Crippen LogP contribution in [0.15, 0.2) is 53.4 Å². The molecule has 0 bridgehead atoms. The van der Waals surface area contributed by atoms with Crippen LogP contribution in [0.2, 0.25) is 0 Å². The maximum atomic E-state index is 13.7. The summed E-state index contributed by atoms with van der Waals surface area (Å²) in [5, 5.41) is 3.43. The van der Waals surface area contributed by atoms with E-state index in [9.17, 15) is 22.8 Å². The first kappa shape index (κ1) is 28.6. The van der Waals surface area contributed by atoms with Crippen molar-refractivity contribution < 1.29 is 22.8 Å². The zero-order chi connectivity index (χ0) is 29.4. The van der Waals surface area contributed by atoms with Crippen molar-refractivity contribution in [3.05, 3.63) is 81.2 Å². The number of sulfonamides is 1. The van der Waals surface area contributed by atoms with Crippen molar-refractivity contribution in [2.75, 3.05) is 31.5 Å². The zero-order valence-electron chi connectivity index (χ0n) is 23.6. The summed E-state index contributed by atoms with van der Waals surface area (Å²) < 4.78 is 28.2. The Morgan fingerprint density at radius 2 is 1.52 bits per heavy atom. The molecule has 11 heteroatoms. The molecule has 6 rings (SSSR count). The summed E-state index contributed by atoms with van der Waals surface area (Å²) in [7, 11) is -3.73. The van der Waals surface area contributed by atoms with Crippen molar-refractivity contribution in [3.63, 3.8) is 0 Å². The van der Waals surface area contributed by atoms with Gasteiger partial charge in [-0.15, -0.1) is 11.3 Å². The first-order valence-corrected chi connectivity index (χ1v) is 16.7. The third kappa shape index (κ3) is 5.48. The lowest BCUT2D eigenvalue weighted by atomic mass is 10.0. The fourth-order valence-electron chi connectivity index (χ4n) is 6.02. The van der Waals surface area contributed by atoms with E-state index in [4.69, 9.17) is 0 Å². The quantitative estimate of drug-likeness (QED) is 0.467. The van der Waals surface area contributed by atoms with Crippen LogP contribution in [0.1, 0.15) is 68.5 Å². The van der Waals surface area contributed by atoms with E-state index in [2.05, 4.69) is 5.32 Å². The molecule has 0 spiro atoms. The molecule has 1 N–H and O–H groups in total. The Morgan fingerprint density at radius 1 is 0.810 bits per heavy atom. The molecule has 3 aliphatic heterocycles. The highest BCUT2D eigenvalue weighted by molar-refractivity contribution is 7.89. The van der Waals surface area contributed by atoms with Gasteiger partial charge in [0.25, 0.3) is 11.8 Å². The minimum atomic E-state index is -3.73. The van der Waals surface area contributed by atoms with E-state index in [1.54, 1.807) is 4.90 Å². The van der Waals surface area contributed by atoms with Gasteiger partial charge in [0.05, 0.1) is 17.0 Å². The normalized spacial score (nSPS) is 17.4. The summed E-state index contributed by atoms with van der Waals surface area (Å²) in [6.07, 6.45) is 4.22. The molecule has 0 unspecified atom stereocenters. The van der Waals surface area contributed by atoms with Gasteiger partial charge in [0.1, 0.15) is 5.00 Å². The summed E-state index contributed by atoms with van der Waals surface area (Å²) in [5.74, 6) is -0.517. The predicted octanol–water partition coefficient (Wildman–Crippen LogP) is 4.28. The first-order valence-electron chi connectivity index (χ1n) is 14.4. The number of nitrogens with one attached hydrogen (secondary N) is 1. The van der Waals surface area contributed by atoms with Gasteiger partial charge in [-0.1, -0.05) is 24.3 Å². The van der Waals surface area contributed by atoms with Crippen molar-refractivity contribution in [1.82, 2.24) is 14.1 Å². The lowest BCUT2D eigenvalue weighted by Crippen LogP contribution is -2.38. The number of likely N-dealkylation sites (tertiary alicyclic amines) is 1. The molecule has 0 radical (unpaired) electrons. The summed E-state index contributed by atoms with van der Waals surface area (Å²) >= 11 is 1.34. The number of amides is 3. The molecule has 1 saturated heterocycles. The molecule has 1 fully saturated rings. The molecule has 3 aromatic rings. The number of hydrogen-bond donors (Lipinski definition) is 1. The molecule has 0 aliphatic carbocycles. The Kier molecular flexibility index (Phi) is 7.91. The molecule has 220 valence electrons. The number of benzene rings is 2. The highest BCUT2D eigenvalue weighted by Crippen LogP contribution is 2.39. The van der Waals surface area contributed by atoms with E-state index in [1.807, 2.05) is 29.2 Å². The largest absolute Gasteiger partial charge is 0.339 e. The molecule has 4 heterocycles. The fraction of sp³-hybridized carbons (Fsp3) is 0.387. The second kappa shape index (κ2) is 11.6. The van der Waals surface area contributed by atoms with Crippen LogP contribution in [0.3, 0.4) is 0 Å². The summed E-state index contributed by atoms with van der Waals surface area (Å²) in [6.45, 7) is 4.58. The maximum Gasteiger partial charge on any atom is 0.257 e. The minimum absolute atomic E-state index is 0.0210. The summed E-state index contributed by atoms with van der Waals surface area (Å²) in [5.41, 5.74) is 3.90. The molecule has 0 saturated carbocycles. The standard InChI is InChI=1S/C31H34N4O5S2/c1-21(36)34-17-14-26-27(20-34)41-30(28(26)31(38)33-15-5-2-6-16-33)32-29(37)23-9-11-25(12-10-23)42(39,40)35-18-13-22-7-3-4-8-24(22)19-35/h3-4,7-12H,2,5-6,13-20H2,1H3,(H,32,37). The number of piperidine rings is 1. The van der Waals surface area contributed by atoms with Crippen LogP contribution in [0, 0.1) is 0 Å². The van der Waals surface area contributed by atoms with Crippen LogP contribution in [0.25, 0.3) is 0 Å². The third-order valence-corrected chi connectivity index (χ3v) is 11.4. The van der Waals surface area contributed by atoms with Crippen LogP contribution in [-0.4, -0.2) is 66.4 Å². The number of thiophene rings is 1. The molecule has 3 amide bonds. The smallest absolute Gasteiger partial charge is 0.257 e. The number of nitrogens with zero attached hydrogens (tertiary/aromatic N) is 3. The second-order valence-corrected chi connectivity index (χ2v) is 14.1. The van der Waals surface area contributed by atoms with Crippen molar-refractivity contribution in [2.45, 2.75) is 57.0 Å². The predicted molar refractivity (Wildman–Crippen MR) is 161 cm³/mol. The van der Waals surface area contributed by atoms with Gasteiger partial charge in [0.2, 0.25) is 15.9 Å². The van der Waals surface area contributed by atoms with E-state index in [1.165, 1.54) is 52.4 Å². The summed E-state index contributed by atoms with van der Waals surface area (Å²) in [4.78, 5) is 43.8. The monoisotopic (exact) mass is 606 g/mol. The Labute approximate surface area is 250 Å². The zero-order valence-corrected chi connectivity index (χ0v) is 25.2. The van der Waals surface area contributed by atoms with Crippen LogP contribution in [-0.2, 0) is 40.7 Å². The van der Waals surface area contributed by atoms with Gasteiger partial charge in [-0.25, -0.2) is 8.42 Å². The average molecular weight is 607 g/mol. The minimum Gasteiger partial charge on any atom is -0.339 e. The van der Waals surface area contributed by atoms with Gasteiger partial charge in [0, 0.05) is 50.1 Å². The highest BCUT2D eigenvalue weighted by Gasteiger charge is 2.33. The highest BCUT2D eigenvalue weighted by atomic mass is 32.2. The Morgan fingerprint density at radius 3 is 2.24 bits per heavy atom. The molecular weight excluding hydrogens is 572 g/mol. The van der Waals surface area contributed by atoms with Gasteiger partial charge in [-0.05, 0) is 73.1 Å². The lowest BCUT2D eigenvalue weighted by molar-refractivity contribution is -0.129. The average Bonchev–Trinajstić information content (AvgIpc) is 3.37. The van der Waals surface area contributed by atoms with Crippen molar-refractivity contribution >= 4 is 44.1 Å².